The standard InChI is InChI=1S/C15H17ClN2O2S/c1-3-20-15(19)10-4-6-13(12(17)8-10)18(2)9-11-5-7-14(16)21-11/h4-8H,3,9,17H2,1-2H3. The highest BCUT2D eigenvalue weighted by Gasteiger charge is 2.12. The summed E-state index contributed by atoms with van der Waals surface area (Å²) in [6, 6.07) is 9.07. The number of carbonyl (C=O) groups excluding carboxylic acids is 1. The van der Waals surface area contributed by atoms with Crippen molar-refractivity contribution in [3.05, 3.63) is 45.1 Å². The lowest BCUT2D eigenvalue weighted by atomic mass is 10.1. The molecule has 112 valence electrons. The molecule has 0 aliphatic carbocycles. The number of nitrogens with two attached hydrogens (primary N) is 1. The van der Waals surface area contributed by atoms with Gasteiger partial charge in [-0.1, -0.05) is 11.6 Å². The summed E-state index contributed by atoms with van der Waals surface area (Å²) in [5, 5.41) is 0. The van der Waals surface area contributed by atoms with E-state index in [1.807, 2.05) is 30.1 Å². The zero-order valence-corrected chi connectivity index (χ0v) is 13.5. The van der Waals surface area contributed by atoms with Crippen molar-refractivity contribution in [2.45, 2.75) is 13.5 Å². The molecular weight excluding hydrogens is 308 g/mol. The number of ether oxygens (including phenoxy) is 1. The van der Waals surface area contributed by atoms with E-state index in [1.54, 1.807) is 30.4 Å². The molecule has 2 rings (SSSR count). The zero-order chi connectivity index (χ0) is 15.4. The van der Waals surface area contributed by atoms with E-state index in [9.17, 15) is 4.79 Å². The van der Waals surface area contributed by atoms with Crippen LogP contribution in [0, 0.1) is 0 Å². The fourth-order valence-corrected chi connectivity index (χ4v) is 3.14. The highest BCUT2D eigenvalue weighted by atomic mass is 35.5. The highest BCUT2D eigenvalue weighted by Crippen LogP contribution is 2.28. The largest absolute Gasteiger partial charge is 0.462 e. The molecular formula is C15H17ClN2O2S. The third kappa shape index (κ3) is 3.89. The molecule has 0 aliphatic rings. The lowest BCUT2D eigenvalue weighted by Crippen LogP contribution is -2.17. The molecule has 1 aromatic heterocycles. The van der Waals surface area contributed by atoms with E-state index in [2.05, 4.69) is 0 Å². The van der Waals surface area contributed by atoms with E-state index >= 15 is 0 Å². The number of hydrogen-bond donors (Lipinski definition) is 1. The molecule has 0 bridgehead atoms. The van der Waals surface area contributed by atoms with Crippen molar-refractivity contribution < 1.29 is 9.53 Å². The summed E-state index contributed by atoms with van der Waals surface area (Å²) < 4.78 is 5.73. The van der Waals surface area contributed by atoms with Crippen molar-refractivity contribution in [2.75, 3.05) is 24.3 Å². The molecule has 0 amide bonds. The summed E-state index contributed by atoms with van der Waals surface area (Å²) in [7, 11) is 1.95. The first kappa shape index (κ1) is 15.7. The maximum Gasteiger partial charge on any atom is 0.338 e. The van der Waals surface area contributed by atoms with E-state index in [1.165, 1.54) is 0 Å². The SMILES string of the molecule is CCOC(=O)c1ccc(N(C)Cc2ccc(Cl)s2)c(N)c1. The smallest absolute Gasteiger partial charge is 0.338 e. The van der Waals surface area contributed by atoms with Gasteiger partial charge >= 0.3 is 5.97 Å². The Kier molecular flexibility index (Phi) is 5.09. The second kappa shape index (κ2) is 6.83. The van der Waals surface area contributed by atoms with Gasteiger partial charge in [0.25, 0.3) is 0 Å². The number of rotatable bonds is 5. The molecule has 0 aliphatic heterocycles. The van der Waals surface area contributed by atoms with Crippen molar-refractivity contribution >= 4 is 40.3 Å². The van der Waals surface area contributed by atoms with E-state index in [4.69, 9.17) is 22.1 Å². The minimum Gasteiger partial charge on any atom is -0.462 e. The van der Waals surface area contributed by atoms with Crippen LogP contribution in [0.4, 0.5) is 11.4 Å². The molecule has 0 atom stereocenters. The van der Waals surface area contributed by atoms with Crippen LogP contribution in [0.25, 0.3) is 0 Å². The average molecular weight is 325 g/mol. The first-order valence-corrected chi connectivity index (χ1v) is 7.72. The summed E-state index contributed by atoms with van der Waals surface area (Å²) >= 11 is 7.47. The van der Waals surface area contributed by atoms with Gasteiger partial charge in [-0.05, 0) is 37.3 Å². The van der Waals surface area contributed by atoms with Crippen LogP contribution < -0.4 is 10.6 Å². The van der Waals surface area contributed by atoms with Crippen molar-refractivity contribution in [1.29, 1.82) is 0 Å². The van der Waals surface area contributed by atoms with E-state index in [0.717, 1.165) is 14.9 Å². The Morgan fingerprint density at radius 1 is 1.38 bits per heavy atom. The number of anilines is 2. The topological polar surface area (TPSA) is 55.6 Å². The minimum atomic E-state index is -0.358. The number of benzene rings is 1. The predicted molar refractivity (Wildman–Crippen MR) is 88.2 cm³/mol. The Labute approximate surface area is 133 Å². The van der Waals surface area contributed by atoms with Gasteiger partial charge in [-0.25, -0.2) is 4.79 Å². The van der Waals surface area contributed by atoms with Crippen LogP contribution in [0.5, 0.6) is 0 Å². The van der Waals surface area contributed by atoms with Crippen LogP contribution in [-0.2, 0) is 11.3 Å². The van der Waals surface area contributed by atoms with Crippen molar-refractivity contribution in [2.24, 2.45) is 0 Å². The fourth-order valence-electron chi connectivity index (χ4n) is 2.00. The first-order valence-electron chi connectivity index (χ1n) is 6.53. The van der Waals surface area contributed by atoms with Gasteiger partial charge in [-0.3, -0.25) is 0 Å². The number of nitrogens with zero attached hydrogens (tertiary/aromatic N) is 1. The number of esters is 1. The third-order valence-corrected chi connectivity index (χ3v) is 4.19. The molecule has 2 aromatic rings. The maximum atomic E-state index is 11.7. The minimum absolute atomic E-state index is 0.347. The Hall–Kier alpha value is -1.72. The van der Waals surface area contributed by atoms with Gasteiger partial charge in [0.2, 0.25) is 0 Å². The second-order valence-electron chi connectivity index (χ2n) is 4.56. The van der Waals surface area contributed by atoms with Crippen LogP contribution in [-0.4, -0.2) is 19.6 Å². The average Bonchev–Trinajstić information content (AvgIpc) is 2.84. The van der Waals surface area contributed by atoms with Gasteiger partial charge in [-0.15, -0.1) is 11.3 Å². The molecule has 6 heteroatoms. The van der Waals surface area contributed by atoms with Crippen LogP contribution in [0.2, 0.25) is 4.34 Å². The molecule has 1 heterocycles. The number of halogens is 1. The molecule has 0 radical (unpaired) electrons. The number of carbonyl (C=O) groups is 1. The third-order valence-electron chi connectivity index (χ3n) is 2.97. The molecule has 0 saturated carbocycles. The van der Waals surface area contributed by atoms with Crippen molar-refractivity contribution in [1.82, 2.24) is 0 Å². The lowest BCUT2D eigenvalue weighted by Gasteiger charge is -2.20. The Morgan fingerprint density at radius 3 is 2.71 bits per heavy atom. The highest BCUT2D eigenvalue weighted by molar-refractivity contribution is 7.16. The molecule has 4 nitrogen and oxygen atoms in total. The van der Waals surface area contributed by atoms with Gasteiger partial charge in [0.05, 0.1) is 34.4 Å². The van der Waals surface area contributed by atoms with E-state index < -0.39 is 0 Å². The number of thiophene rings is 1. The summed E-state index contributed by atoms with van der Waals surface area (Å²) in [5.74, 6) is -0.358. The number of nitrogen functional groups attached to an aromatic ring is 1. The van der Waals surface area contributed by atoms with Gasteiger partial charge in [0, 0.05) is 11.9 Å². The molecule has 0 fully saturated rings. The maximum absolute atomic E-state index is 11.7. The Balaban J connectivity index is 2.14. The van der Waals surface area contributed by atoms with Crippen LogP contribution in [0.3, 0.4) is 0 Å². The molecule has 0 spiro atoms. The Bertz CT molecular complexity index is 642. The van der Waals surface area contributed by atoms with Crippen LogP contribution in [0.15, 0.2) is 30.3 Å². The molecule has 21 heavy (non-hydrogen) atoms. The number of hydrogen-bond acceptors (Lipinski definition) is 5. The fraction of sp³-hybridized carbons (Fsp3) is 0.267. The van der Waals surface area contributed by atoms with Gasteiger partial charge in [0.15, 0.2) is 0 Å². The summed E-state index contributed by atoms with van der Waals surface area (Å²) in [6.45, 7) is 2.83. The second-order valence-corrected chi connectivity index (χ2v) is 6.36. The van der Waals surface area contributed by atoms with Gasteiger partial charge in [-0.2, -0.15) is 0 Å². The van der Waals surface area contributed by atoms with E-state index in [-0.39, 0.29) is 5.97 Å². The van der Waals surface area contributed by atoms with Gasteiger partial charge < -0.3 is 15.4 Å². The van der Waals surface area contributed by atoms with Crippen molar-refractivity contribution in [3.8, 4) is 0 Å². The monoisotopic (exact) mass is 324 g/mol. The Morgan fingerprint density at radius 2 is 2.14 bits per heavy atom. The zero-order valence-electron chi connectivity index (χ0n) is 11.9. The van der Waals surface area contributed by atoms with E-state index in [0.29, 0.717) is 24.4 Å². The van der Waals surface area contributed by atoms with Gasteiger partial charge in [0.1, 0.15) is 0 Å². The summed E-state index contributed by atoms with van der Waals surface area (Å²) in [4.78, 5) is 14.8. The summed E-state index contributed by atoms with van der Waals surface area (Å²) in [6.07, 6.45) is 0. The van der Waals surface area contributed by atoms with Crippen LogP contribution in [0.1, 0.15) is 22.2 Å². The predicted octanol–water partition coefficient (Wildman–Crippen LogP) is 3.80. The molecule has 1 aromatic carbocycles. The lowest BCUT2D eigenvalue weighted by molar-refractivity contribution is 0.0526. The molecule has 0 saturated heterocycles. The van der Waals surface area contributed by atoms with Crippen molar-refractivity contribution in [3.63, 3.8) is 0 Å². The first-order chi connectivity index (χ1) is 10.0. The van der Waals surface area contributed by atoms with Crippen LogP contribution >= 0.6 is 22.9 Å². The molecule has 0 unspecified atom stereocenters. The normalized spacial score (nSPS) is 10.4. The summed E-state index contributed by atoms with van der Waals surface area (Å²) in [5.41, 5.74) is 7.92. The molecule has 2 N–H and O–H groups in total. The quantitative estimate of drug-likeness (QED) is 0.671.